The van der Waals surface area contributed by atoms with Gasteiger partial charge < -0.3 is 14.2 Å². The van der Waals surface area contributed by atoms with Crippen LogP contribution in [-0.4, -0.2) is 37.2 Å². The number of hydrogen-bond acceptors (Lipinski definition) is 6. The molecular formula is C56H94O6. The van der Waals surface area contributed by atoms with E-state index in [2.05, 4.69) is 93.7 Å². The molecule has 0 rings (SSSR count). The first-order chi connectivity index (χ1) is 30.5. The van der Waals surface area contributed by atoms with E-state index in [4.69, 9.17) is 14.2 Å². The van der Waals surface area contributed by atoms with Gasteiger partial charge in [-0.25, -0.2) is 0 Å². The third-order valence-corrected chi connectivity index (χ3v) is 10.6. The summed E-state index contributed by atoms with van der Waals surface area (Å²) in [6.45, 7) is 6.30. The molecule has 0 radical (unpaired) electrons. The third kappa shape index (κ3) is 47.6. The molecule has 0 amide bonds. The van der Waals surface area contributed by atoms with Crippen LogP contribution in [0.5, 0.6) is 0 Å². The van der Waals surface area contributed by atoms with Crippen molar-refractivity contribution in [2.45, 2.75) is 239 Å². The van der Waals surface area contributed by atoms with E-state index in [-0.39, 0.29) is 31.6 Å². The Bertz CT molecular complexity index is 1220. The van der Waals surface area contributed by atoms with E-state index in [1.54, 1.807) is 6.08 Å². The maximum absolute atomic E-state index is 12.8. The lowest BCUT2D eigenvalue weighted by molar-refractivity contribution is -0.166. The Balaban J connectivity index is 4.37. The minimum atomic E-state index is -0.817. The number of rotatable bonds is 45. The van der Waals surface area contributed by atoms with Crippen molar-refractivity contribution in [1.29, 1.82) is 0 Å². The fourth-order valence-electron chi connectivity index (χ4n) is 6.86. The van der Waals surface area contributed by atoms with Crippen molar-refractivity contribution in [3.8, 4) is 0 Å². The Morgan fingerprint density at radius 1 is 0.355 bits per heavy atom. The first kappa shape index (κ1) is 58.6. The van der Waals surface area contributed by atoms with Crippen LogP contribution >= 0.6 is 0 Å². The van der Waals surface area contributed by atoms with Gasteiger partial charge in [0.25, 0.3) is 0 Å². The first-order valence-corrected chi connectivity index (χ1v) is 25.6. The van der Waals surface area contributed by atoms with Crippen molar-refractivity contribution in [2.24, 2.45) is 0 Å². The van der Waals surface area contributed by atoms with Crippen LogP contribution < -0.4 is 0 Å². The van der Waals surface area contributed by atoms with Gasteiger partial charge in [-0.2, -0.15) is 0 Å². The van der Waals surface area contributed by atoms with Gasteiger partial charge in [0.05, 0.1) is 6.42 Å². The van der Waals surface area contributed by atoms with Crippen LogP contribution in [0.25, 0.3) is 0 Å². The molecule has 0 heterocycles. The summed E-state index contributed by atoms with van der Waals surface area (Å²) in [7, 11) is 0. The molecule has 354 valence electrons. The molecule has 0 N–H and O–H groups in total. The lowest BCUT2D eigenvalue weighted by Crippen LogP contribution is -2.30. The molecule has 6 heteroatoms. The molecular weight excluding hydrogens is 769 g/mol. The lowest BCUT2D eigenvalue weighted by Gasteiger charge is -2.18. The average molecular weight is 863 g/mol. The second kappa shape index (κ2) is 50.2. The molecule has 0 fully saturated rings. The zero-order valence-electron chi connectivity index (χ0n) is 40.4. The molecule has 0 aromatic heterocycles. The summed E-state index contributed by atoms with van der Waals surface area (Å²) >= 11 is 0. The van der Waals surface area contributed by atoms with Crippen LogP contribution in [0.3, 0.4) is 0 Å². The number of allylic oxidation sites excluding steroid dienone is 13. The van der Waals surface area contributed by atoms with E-state index >= 15 is 0 Å². The summed E-state index contributed by atoms with van der Waals surface area (Å²) < 4.78 is 16.6. The molecule has 1 unspecified atom stereocenters. The quantitative estimate of drug-likeness (QED) is 0.0263. The molecule has 0 spiro atoms. The zero-order chi connectivity index (χ0) is 45.1. The SMILES string of the molecule is CC/C=C\C/C=C\C/C=C\CCCCCCCCCCCC(=O)OCC(COC(=O)C/C=C\C/C=C\C/C=C\CC)OC(=O)CCCCCCC/C=C\CCCCCCCCC. The topological polar surface area (TPSA) is 78.9 Å². The maximum atomic E-state index is 12.8. The van der Waals surface area contributed by atoms with E-state index in [9.17, 15) is 14.4 Å². The number of carbonyl (C=O) groups excluding carboxylic acids is 3. The van der Waals surface area contributed by atoms with Gasteiger partial charge in [-0.3, -0.25) is 14.4 Å². The predicted octanol–water partition coefficient (Wildman–Crippen LogP) is 16.8. The van der Waals surface area contributed by atoms with Gasteiger partial charge in [0, 0.05) is 12.8 Å². The Morgan fingerprint density at radius 2 is 0.694 bits per heavy atom. The van der Waals surface area contributed by atoms with Crippen molar-refractivity contribution >= 4 is 17.9 Å². The van der Waals surface area contributed by atoms with Crippen molar-refractivity contribution in [3.05, 3.63) is 85.1 Å². The van der Waals surface area contributed by atoms with Crippen molar-refractivity contribution in [3.63, 3.8) is 0 Å². The monoisotopic (exact) mass is 863 g/mol. The number of esters is 3. The highest BCUT2D eigenvalue weighted by Crippen LogP contribution is 2.14. The molecule has 0 saturated carbocycles. The van der Waals surface area contributed by atoms with Gasteiger partial charge in [-0.05, 0) is 89.9 Å². The Kier molecular flexibility index (Phi) is 47.5. The highest BCUT2D eigenvalue weighted by Gasteiger charge is 2.19. The molecule has 0 bridgehead atoms. The minimum absolute atomic E-state index is 0.110. The van der Waals surface area contributed by atoms with Gasteiger partial charge in [0.2, 0.25) is 0 Å². The first-order valence-electron chi connectivity index (χ1n) is 25.6. The average Bonchev–Trinajstić information content (AvgIpc) is 3.27. The van der Waals surface area contributed by atoms with Crippen LogP contribution in [0.15, 0.2) is 85.1 Å². The van der Waals surface area contributed by atoms with Crippen LogP contribution in [-0.2, 0) is 28.6 Å². The van der Waals surface area contributed by atoms with Crippen molar-refractivity contribution in [1.82, 2.24) is 0 Å². The van der Waals surface area contributed by atoms with Crippen LogP contribution in [0.4, 0.5) is 0 Å². The molecule has 0 aromatic carbocycles. The van der Waals surface area contributed by atoms with E-state index in [0.29, 0.717) is 12.8 Å². The number of hydrogen-bond donors (Lipinski definition) is 0. The lowest BCUT2D eigenvalue weighted by atomic mass is 10.1. The summed E-state index contributed by atoms with van der Waals surface area (Å²) in [4.78, 5) is 37.8. The summed E-state index contributed by atoms with van der Waals surface area (Å²) in [6, 6.07) is 0. The molecule has 0 aliphatic rings. The van der Waals surface area contributed by atoms with Crippen molar-refractivity contribution in [2.75, 3.05) is 13.2 Å². The van der Waals surface area contributed by atoms with Gasteiger partial charge in [-0.15, -0.1) is 0 Å². The number of ether oxygens (including phenoxy) is 3. The van der Waals surface area contributed by atoms with Gasteiger partial charge in [-0.1, -0.05) is 209 Å². The second-order valence-corrected chi connectivity index (χ2v) is 16.7. The summed E-state index contributed by atoms with van der Waals surface area (Å²) in [5, 5.41) is 0. The number of unbranched alkanes of at least 4 members (excludes halogenated alkanes) is 21. The Morgan fingerprint density at radius 3 is 1.15 bits per heavy atom. The molecule has 0 saturated heterocycles. The third-order valence-electron chi connectivity index (χ3n) is 10.6. The summed E-state index contributed by atoms with van der Waals surface area (Å²) in [5.74, 6) is -1.05. The van der Waals surface area contributed by atoms with Gasteiger partial charge in [0.15, 0.2) is 6.10 Å². The van der Waals surface area contributed by atoms with E-state index in [0.717, 1.165) is 89.9 Å². The van der Waals surface area contributed by atoms with E-state index in [1.807, 2.05) is 6.08 Å². The van der Waals surface area contributed by atoms with Crippen molar-refractivity contribution < 1.29 is 28.6 Å². The molecule has 1 atom stereocenters. The van der Waals surface area contributed by atoms with E-state index < -0.39 is 12.1 Å². The summed E-state index contributed by atoms with van der Waals surface area (Å²) in [6.07, 6.45) is 64.6. The highest BCUT2D eigenvalue weighted by atomic mass is 16.6. The fourth-order valence-corrected chi connectivity index (χ4v) is 6.86. The van der Waals surface area contributed by atoms with Crippen LogP contribution in [0.1, 0.15) is 233 Å². The normalized spacial score (nSPS) is 12.8. The molecule has 0 aliphatic carbocycles. The van der Waals surface area contributed by atoms with E-state index in [1.165, 1.54) is 103 Å². The molecule has 0 aliphatic heterocycles. The van der Waals surface area contributed by atoms with Gasteiger partial charge >= 0.3 is 17.9 Å². The number of carbonyl (C=O) groups is 3. The highest BCUT2D eigenvalue weighted by molar-refractivity contribution is 5.72. The summed E-state index contributed by atoms with van der Waals surface area (Å²) in [5.41, 5.74) is 0. The standard InChI is InChI=1S/C56H94O6/c1-4-7-10-13-16-19-21-23-25-27-28-29-31-32-34-37-40-43-46-49-55(58)61-52-53(51-60-54(57)48-45-42-39-36-18-15-12-9-6-3)62-56(59)50-47-44-41-38-35-33-30-26-24-22-20-17-14-11-8-5-2/h7,9-10,12,16,18-19,23,25-26,30,36,42,45,53H,4-6,8,11,13-15,17,20-22,24,27-29,31-35,37-41,43-44,46-52H2,1-3H3/b10-7-,12-9-,19-16-,25-23-,30-26-,36-18-,45-42-. The minimum Gasteiger partial charge on any atom is -0.462 e. The predicted molar refractivity (Wildman–Crippen MR) is 265 cm³/mol. The fraction of sp³-hybridized carbons (Fsp3) is 0.696. The zero-order valence-corrected chi connectivity index (χ0v) is 40.4. The largest absolute Gasteiger partial charge is 0.462 e. The molecule has 62 heavy (non-hydrogen) atoms. The molecule has 0 aromatic rings. The van der Waals surface area contributed by atoms with Crippen LogP contribution in [0.2, 0.25) is 0 Å². The molecule has 6 nitrogen and oxygen atoms in total. The van der Waals surface area contributed by atoms with Crippen LogP contribution in [0, 0.1) is 0 Å². The second-order valence-electron chi connectivity index (χ2n) is 16.7. The maximum Gasteiger partial charge on any atom is 0.309 e. The Labute approximate surface area is 382 Å². The Hall–Kier alpha value is -3.41. The smallest absolute Gasteiger partial charge is 0.309 e. The van der Waals surface area contributed by atoms with Gasteiger partial charge in [0.1, 0.15) is 13.2 Å².